The van der Waals surface area contributed by atoms with Crippen LogP contribution >= 0.6 is 0 Å². The van der Waals surface area contributed by atoms with Gasteiger partial charge in [-0.05, 0) is 86.0 Å². The molecule has 2 saturated carbocycles. The molecule has 2 fully saturated rings. The van der Waals surface area contributed by atoms with E-state index in [4.69, 9.17) is 4.74 Å². The van der Waals surface area contributed by atoms with Crippen molar-refractivity contribution in [3.8, 4) is 0 Å². The van der Waals surface area contributed by atoms with Crippen LogP contribution in [0.3, 0.4) is 0 Å². The lowest BCUT2D eigenvalue weighted by Crippen LogP contribution is -2.45. The van der Waals surface area contributed by atoms with Gasteiger partial charge in [-0.25, -0.2) is 4.39 Å². The summed E-state index contributed by atoms with van der Waals surface area (Å²) in [6.07, 6.45) is 8.42. The third kappa shape index (κ3) is 3.04. The van der Waals surface area contributed by atoms with Crippen LogP contribution < -0.4 is 0 Å². The number of aryl methyl sites for hydroxylation is 1. The molecule has 4 rings (SSSR count). The monoisotopic (exact) mass is 370 g/mol. The Hall–Kier alpha value is -1.31. The predicted octanol–water partition coefficient (Wildman–Crippen LogP) is 7.02. The fourth-order valence-corrected chi connectivity index (χ4v) is 6.22. The third-order valence-corrected chi connectivity index (χ3v) is 8.52. The highest BCUT2D eigenvalue weighted by Gasteiger charge is 2.56. The van der Waals surface area contributed by atoms with Gasteiger partial charge in [-0.15, -0.1) is 0 Å². The summed E-state index contributed by atoms with van der Waals surface area (Å²) in [5.74, 6) is 2.93. The van der Waals surface area contributed by atoms with E-state index in [1.54, 1.807) is 12.1 Å². The molecule has 0 spiro atoms. The van der Waals surface area contributed by atoms with Crippen LogP contribution in [0.5, 0.6) is 0 Å². The number of hydrogen-bond acceptors (Lipinski definition) is 1. The number of ether oxygens (including phenoxy) is 1. The molecule has 3 unspecified atom stereocenters. The van der Waals surface area contributed by atoms with Crippen LogP contribution in [0.2, 0.25) is 0 Å². The molecule has 0 saturated heterocycles. The van der Waals surface area contributed by atoms with Crippen LogP contribution in [-0.2, 0) is 11.2 Å². The first-order valence-electron chi connectivity index (χ1n) is 10.9. The first-order valence-corrected chi connectivity index (χ1v) is 10.9. The van der Waals surface area contributed by atoms with Crippen molar-refractivity contribution in [1.29, 1.82) is 0 Å². The van der Waals surface area contributed by atoms with E-state index in [0.717, 1.165) is 36.9 Å². The van der Waals surface area contributed by atoms with E-state index in [0.29, 0.717) is 12.0 Å². The zero-order valence-corrected chi connectivity index (χ0v) is 17.5. The molecule has 0 radical (unpaired) electrons. The molecule has 27 heavy (non-hydrogen) atoms. The highest BCUT2D eigenvalue weighted by Crippen LogP contribution is 2.62. The van der Waals surface area contributed by atoms with E-state index >= 15 is 0 Å². The van der Waals surface area contributed by atoms with Crippen LogP contribution in [0.1, 0.15) is 83.3 Å². The van der Waals surface area contributed by atoms with Crippen LogP contribution in [0.15, 0.2) is 30.5 Å². The lowest BCUT2D eigenvalue weighted by molar-refractivity contribution is -0.0510. The fourth-order valence-electron chi connectivity index (χ4n) is 6.22. The molecule has 0 bridgehead atoms. The second kappa shape index (κ2) is 6.64. The maximum atomic E-state index is 13.7. The minimum absolute atomic E-state index is 0.0412. The van der Waals surface area contributed by atoms with Crippen molar-refractivity contribution >= 4 is 0 Å². The highest BCUT2D eigenvalue weighted by atomic mass is 19.1. The van der Waals surface area contributed by atoms with E-state index < -0.39 is 0 Å². The number of allylic oxidation sites excluding steroid dienone is 1. The van der Waals surface area contributed by atoms with Gasteiger partial charge in [0.1, 0.15) is 11.9 Å². The molecule has 3 aliphatic rings. The van der Waals surface area contributed by atoms with Gasteiger partial charge in [0.2, 0.25) is 0 Å². The number of benzene rings is 1. The molecular weight excluding hydrogens is 335 g/mol. The van der Waals surface area contributed by atoms with Crippen molar-refractivity contribution in [2.45, 2.75) is 84.7 Å². The van der Waals surface area contributed by atoms with Crippen LogP contribution in [0.25, 0.3) is 0 Å². The molecule has 0 heterocycles. The van der Waals surface area contributed by atoms with Crippen molar-refractivity contribution in [1.82, 2.24) is 0 Å². The topological polar surface area (TPSA) is 9.23 Å². The van der Waals surface area contributed by atoms with Crippen LogP contribution in [-0.4, -0.2) is 6.10 Å². The quantitative estimate of drug-likeness (QED) is 0.518. The van der Waals surface area contributed by atoms with Gasteiger partial charge in [0.15, 0.2) is 0 Å². The van der Waals surface area contributed by atoms with Crippen molar-refractivity contribution in [3.05, 3.63) is 47.5 Å². The Morgan fingerprint density at radius 3 is 2.78 bits per heavy atom. The zero-order chi connectivity index (χ0) is 19.4. The summed E-state index contributed by atoms with van der Waals surface area (Å²) in [4.78, 5) is 0. The maximum absolute atomic E-state index is 13.7. The lowest BCUT2D eigenvalue weighted by atomic mass is 9.55. The Morgan fingerprint density at radius 2 is 2.04 bits per heavy atom. The fraction of sp³-hybridized carbons (Fsp3) is 0.680. The average Bonchev–Trinajstić information content (AvgIpc) is 2.97. The third-order valence-electron chi connectivity index (χ3n) is 8.52. The largest absolute Gasteiger partial charge is 0.494 e. The molecule has 0 aliphatic heterocycles. The summed E-state index contributed by atoms with van der Waals surface area (Å²) >= 11 is 0. The highest BCUT2D eigenvalue weighted by molar-refractivity contribution is 5.35. The number of fused-ring (bicyclic) bond motifs is 5. The average molecular weight is 371 g/mol. The van der Waals surface area contributed by atoms with Gasteiger partial charge in [-0.3, -0.25) is 0 Å². The first-order chi connectivity index (χ1) is 12.8. The number of rotatable bonds is 4. The van der Waals surface area contributed by atoms with E-state index in [1.165, 1.54) is 36.8 Å². The smallest absolute Gasteiger partial charge is 0.123 e. The van der Waals surface area contributed by atoms with Crippen molar-refractivity contribution in [2.24, 2.45) is 22.7 Å². The van der Waals surface area contributed by atoms with Gasteiger partial charge in [0, 0.05) is 10.8 Å². The predicted molar refractivity (Wildman–Crippen MR) is 109 cm³/mol. The number of halogens is 1. The minimum Gasteiger partial charge on any atom is -0.494 e. The summed E-state index contributed by atoms with van der Waals surface area (Å²) in [5, 5.41) is 0. The van der Waals surface area contributed by atoms with E-state index in [-0.39, 0.29) is 16.6 Å². The molecule has 1 aromatic rings. The molecule has 3 aliphatic carbocycles. The van der Waals surface area contributed by atoms with Crippen LogP contribution in [0.4, 0.5) is 4.39 Å². The van der Waals surface area contributed by atoms with Crippen molar-refractivity contribution < 1.29 is 9.13 Å². The van der Waals surface area contributed by atoms with Gasteiger partial charge in [-0.1, -0.05) is 40.3 Å². The summed E-state index contributed by atoms with van der Waals surface area (Å²) in [5.41, 5.74) is 2.98. The molecule has 0 N–H and O–H groups in total. The SMILES string of the molecule is C=C(O[C@H]1CCC2C3CCc4cc(F)ccc4C3CC[C@@]21C)C(C)(C)CC. The van der Waals surface area contributed by atoms with E-state index in [2.05, 4.69) is 40.3 Å². The molecule has 0 aromatic heterocycles. The zero-order valence-electron chi connectivity index (χ0n) is 17.5. The molecule has 1 aromatic carbocycles. The van der Waals surface area contributed by atoms with Crippen LogP contribution in [0, 0.1) is 28.5 Å². The lowest BCUT2D eigenvalue weighted by Gasteiger charge is -2.51. The Labute approximate surface area is 164 Å². The van der Waals surface area contributed by atoms with Gasteiger partial charge in [0.05, 0.1) is 5.76 Å². The van der Waals surface area contributed by atoms with Crippen molar-refractivity contribution in [2.75, 3.05) is 0 Å². The molecule has 0 amide bonds. The summed E-state index contributed by atoms with van der Waals surface area (Å²) in [7, 11) is 0. The second-order valence-corrected chi connectivity index (χ2v) is 10.1. The van der Waals surface area contributed by atoms with Gasteiger partial charge in [0.25, 0.3) is 0 Å². The normalized spacial score (nSPS) is 35.1. The summed E-state index contributed by atoms with van der Waals surface area (Å²) < 4.78 is 20.2. The molecule has 148 valence electrons. The molecule has 1 nitrogen and oxygen atoms in total. The van der Waals surface area contributed by atoms with E-state index in [1.807, 2.05) is 0 Å². The van der Waals surface area contributed by atoms with Gasteiger partial charge >= 0.3 is 0 Å². The molecular formula is C25H35FO. The number of hydrogen-bond donors (Lipinski definition) is 0. The standard InChI is InChI=1S/C25H35FO/c1-6-24(3,4)16(2)27-23-12-11-22-21-9-7-17-15-18(26)8-10-19(17)20(21)13-14-25(22,23)5/h8,10,15,20-23H,2,6-7,9,11-14H2,1,3-5H3/t20?,21?,22?,23-,25-/m0/s1. The molecule has 2 heteroatoms. The maximum Gasteiger partial charge on any atom is 0.123 e. The molecule has 5 atom stereocenters. The second-order valence-electron chi connectivity index (χ2n) is 10.1. The van der Waals surface area contributed by atoms with Crippen molar-refractivity contribution in [3.63, 3.8) is 0 Å². The minimum atomic E-state index is -0.0840. The van der Waals surface area contributed by atoms with Gasteiger partial charge in [-0.2, -0.15) is 0 Å². The summed E-state index contributed by atoms with van der Waals surface area (Å²) in [6.45, 7) is 13.4. The first kappa shape index (κ1) is 19.0. The Bertz CT molecular complexity index is 736. The Kier molecular flexibility index (Phi) is 4.68. The summed E-state index contributed by atoms with van der Waals surface area (Å²) in [6, 6.07) is 5.50. The van der Waals surface area contributed by atoms with E-state index in [9.17, 15) is 4.39 Å². The Morgan fingerprint density at radius 1 is 1.26 bits per heavy atom. The van der Waals surface area contributed by atoms with Gasteiger partial charge < -0.3 is 4.74 Å². The Balaban J connectivity index is 1.55.